The highest BCUT2D eigenvalue weighted by Crippen LogP contribution is 2.36. The zero-order valence-corrected chi connectivity index (χ0v) is 19.8. The van der Waals surface area contributed by atoms with Crippen molar-refractivity contribution in [1.29, 1.82) is 0 Å². The van der Waals surface area contributed by atoms with Gasteiger partial charge in [-0.3, -0.25) is 4.40 Å². The Morgan fingerprint density at radius 3 is 2.11 bits per heavy atom. The van der Waals surface area contributed by atoms with Crippen LogP contribution in [0, 0.1) is 6.57 Å². The highest BCUT2D eigenvalue weighted by molar-refractivity contribution is 6.03. The van der Waals surface area contributed by atoms with Crippen molar-refractivity contribution in [3.63, 3.8) is 0 Å². The summed E-state index contributed by atoms with van der Waals surface area (Å²) in [5.41, 5.74) is 8.93. The van der Waals surface area contributed by atoms with Crippen molar-refractivity contribution in [3.05, 3.63) is 133 Å². The van der Waals surface area contributed by atoms with E-state index in [0.29, 0.717) is 11.5 Å². The molecule has 0 N–H and O–H groups in total. The molecule has 7 aromatic rings. The molecule has 2 aromatic heterocycles. The smallest absolute Gasteiger partial charge is 0.235 e. The minimum Gasteiger partial charge on any atom is -0.276 e. The molecule has 0 amide bonds. The van der Waals surface area contributed by atoms with Gasteiger partial charge >= 0.3 is 0 Å². The molecule has 172 valence electrons. The van der Waals surface area contributed by atoms with Crippen LogP contribution in [0.4, 0.5) is 5.69 Å². The van der Waals surface area contributed by atoms with E-state index in [-0.39, 0.29) is 0 Å². The van der Waals surface area contributed by atoms with Crippen LogP contribution in [0.25, 0.3) is 66.1 Å². The van der Waals surface area contributed by atoms with Crippen LogP contribution >= 0.6 is 0 Å². The molecule has 0 saturated heterocycles. The van der Waals surface area contributed by atoms with E-state index in [0.717, 1.165) is 55.4 Å². The van der Waals surface area contributed by atoms with Gasteiger partial charge in [-0.15, -0.1) is 0 Å². The molecule has 0 aliphatic rings. The molecule has 4 heteroatoms. The summed E-state index contributed by atoms with van der Waals surface area (Å²) in [5.74, 6) is 0.683. The number of para-hydroxylation sites is 2. The number of rotatable bonds is 3. The van der Waals surface area contributed by atoms with Gasteiger partial charge < -0.3 is 0 Å². The molecule has 0 atom stereocenters. The average Bonchev–Trinajstić information content (AvgIpc) is 3.35. The van der Waals surface area contributed by atoms with Crippen LogP contribution in [-0.2, 0) is 0 Å². The summed E-state index contributed by atoms with van der Waals surface area (Å²) >= 11 is 0. The van der Waals surface area contributed by atoms with Gasteiger partial charge in [-0.25, -0.2) is 14.8 Å². The fourth-order valence-corrected chi connectivity index (χ4v) is 5.08. The fraction of sp³-hybridized carbons (Fsp3) is 0. The monoisotopic (exact) mass is 472 g/mol. The average molecular weight is 473 g/mol. The number of benzene rings is 5. The maximum atomic E-state index is 7.53. The van der Waals surface area contributed by atoms with Crippen molar-refractivity contribution >= 4 is 33.3 Å². The summed E-state index contributed by atoms with van der Waals surface area (Å²) in [6.07, 6.45) is 0. The lowest BCUT2D eigenvalue weighted by Crippen LogP contribution is -1.97. The topological polar surface area (TPSA) is 34.5 Å². The quantitative estimate of drug-likeness (QED) is 0.241. The lowest BCUT2D eigenvalue weighted by atomic mass is 9.96. The summed E-state index contributed by atoms with van der Waals surface area (Å²) in [4.78, 5) is 13.4. The Balaban J connectivity index is 1.42. The van der Waals surface area contributed by atoms with Gasteiger partial charge in [-0.2, -0.15) is 0 Å². The third kappa shape index (κ3) is 3.45. The number of aromatic nitrogens is 3. The molecule has 0 spiro atoms. The van der Waals surface area contributed by atoms with Gasteiger partial charge in [0.25, 0.3) is 0 Å². The first-order valence-electron chi connectivity index (χ1n) is 12.1. The van der Waals surface area contributed by atoms with Crippen molar-refractivity contribution < 1.29 is 0 Å². The van der Waals surface area contributed by atoms with Crippen molar-refractivity contribution in [2.75, 3.05) is 0 Å². The second-order valence-electron chi connectivity index (χ2n) is 9.00. The van der Waals surface area contributed by atoms with Crippen LogP contribution < -0.4 is 0 Å². The van der Waals surface area contributed by atoms with E-state index in [2.05, 4.69) is 63.8 Å². The molecule has 0 radical (unpaired) electrons. The number of hydrogen-bond acceptors (Lipinski definition) is 2. The summed E-state index contributed by atoms with van der Waals surface area (Å²) in [5, 5.41) is 2.06. The molecular formula is C33H20N4. The standard InChI is InChI=1S/C33H20N4/c1-34-28-20-19-25(26-11-5-6-12-27(26)28)22-15-17-24(18-16-22)32-21-30(23-9-3-2-4-10-23)36-33-35-29-13-7-8-14-31(29)37(32)33/h2-21H. The lowest BCUT2D eigenvalue weighted by molar-refractivity contribution is 1.14. The zero-order valence-electron chi connectivity index (χ0n) is 19.8. The van der Waals surface area contributed by atoms with Crippen molar-refractivity contribution in [1.82, 2.24) is 14.4 Å². The predicted molar refractivity (Wildman–Crippen MR) is 151 cm³/mol. The van der Waals surface area contributed by atoms with E-state index in [4.69, 9.17) is 16.5 Å². The molecule has 0 aliphatic heterocycles. The Hall–Kier alpha value is -5.27. The van der Waals surface area contributed by atoms with Crippen LogP contribution in [0.3, 0.4) is 0 Å². The van der Waals surface area contributed by atoms with Crippen molar-refractivity contribution in [2.45, 2.75) is 0 Å². The van der Waals surface area contributed by atoms with E-state index in [1.165, 1.54) is 0 Å². The van der Waals surface area contributed by atoms with Gasteiger partial charge in [0.2, 0.25) is 5.78 Å². The molecule has 0 unspecified atom stereocenters. The molecule has 0 fully saturated rings. The number of nitrogens with zero attached hydrogens (tertiary/aromatic N) is 4. The first kappa shape index (κ1) is 21.0. The minimum absolute atomic E-state index is 0.676. The first-order chi connectivity index (χ1) is 18.3. The third-order valence-electron chi connectivity index (χ3n) is 6.86. The van der Waals surface area contributed by atoms with Gasteiger partial charge in [-0.05, 0) is 45.7 Å². The van der Waals surface area contributed by atoms with Gasteiger partial charge in [-0.1, -0.05) is 103 Å². The van der Waals surface area contributed by atoms with E-state index in [9.17, 15) is 0 Å². The number of fused-ring (bicyclic) bond motifs is 4. The normalized spacial score (nSPS) is 11.2. The van der Waals surface area contributed by atoms with Gasteiger partial charge in [0.1, 0.15) is 0 Å². The number of imidazole rings is 1. The summed E-state index contributed by atoms with van der Waals surface area (Å²) in [6.45, 7) is 7.53. The fourth-order valence-electron chi connectivity index (χ4n) is 5.08. The van der Waals surface area contributed by atoms with Gasteiger partial charge in [0.05, 0.1) is 29.0 Å². The summed E-state index contributed by atoms with van der Waals surface area (Å²) < 4.78 is 2.14. The van der Waals surface area contributed by atoms with Crippen LogP contribution in [0.15, 0.2) is 121 Å². The maximum Gasteiger partial charge on any atom is 0.235 e. The van der Waals surface area contributed by atoms with Crippen LogP contribution in [0.5, 0.6) is 0 Å². The molecular weight excluding hydrogens is 452 g/mol. The Kier molecular flexibility index (Phi) is 4.80. The third-order valence-corrected chi connectivity index (χ3v) is 6.86. The Bertz CT molecular complexity index is 1980. The number of hydrogen-bond donors (Lipinski definition) is 0. The second kappa shape index (κ2) is 8.44. The molecule has 37 heavy (non-hydrogen) atoms. The highest BCUT2D eigenvalue weighted by Gasteiger charge is 2.15. The molecule has 5 aromatic carbocycles. The molecule has 2 heterocycles. The van der Waals surface area contributed by atoms with E-state index in [1.54, 1.807) is 0 Å². The zero-order chi connectivity index (χ0) is 24.8. The van der Waals surface area contributed by atoms with Crippen LogP contribution in [0.2, 0.25) is 0 Å². The molecule has 0 saturated carbocycles. The van der Waals surface area contributed by atoms with Crippen LogP contribution in [0.1, 0.15) is 0 Å². The predicted octanol–water partition coefficient (Wildman–Crippen LogP) is 8.59. The molecule has 7 rings (SSSR count). The largest absolute Gasteiger partial charge is 0.276 e. The van der Waals surface area contributed by atoms with E-state index < -0.39 is 0 Å². The molecule has 0 aliphatic carbocycles. The second-order valence-corrected chi connectivity index (χ2v) is 9.00. The first-order valence-corrected chi connectivity index (χ1v) is 12.1. The maximum absolute atomic E-state index is 7.53. The Labute approximate surface area is 213 Å². The lowest BCUT2D eigenvalue weighted by Gasteiger charge is -2.12. The minimum atomic E-state index is 0.676. The Morgan fingerprint density at radius 2 is 1.30 bits per heavy atom. The van der Waals surface area contributed by atoms with E-state index >= 15 is 0 Å². The Morgan fingerprint density at radius 1 is 0.595 bits per heavy atom. The summed E-state index contributed by atoms with van der Waals surface area (Å²) in [6, 6.07) is 41.2. The van der Waals surface area contributed by atoms with Crippen molar-refractivity contribution in [3.8, 4) is 33.6 Å². The van der Waals surface area contributed by atoms with Crippen LogP contribution in [-0.4, -0.2) is 14.4 Å². The van der Waals surface area contributed by atoms with E-state index in [1.807, 2.05) is 66.7 Å². The SMILES string of the molecule is [C-]#[N+]c1ccc(-c2ccc(-c3cc(-c4ccccc4)nc4nc5ccccc5n34)cc2)c2ccccc12. The van der Waals surface area contributed by atoms with Gasteiger partial charge in [0, 0.05) is 5.56 Å². The molecule has 4 nitrogen and oxygen atoms in total. The van der Waals surface area contributed by atoms with Crippen molar-refractivity contribution in [2.24, 2.45) is 0 Å². The molecule has 0 bridgehead atoms. The highest BCUT2D eigenvalue weighted by atomic mass is 15.1. The van der Waals surface area contributed by atoms with Gasteiger partial charge in [0.15, 0.2) is 5.69 Å². The summed E-state index contributed by atoms with van der Waals surface area (Å²) in [7, 11) is 0.